The standard InChI is InChI=1S/C19H37N3O.HI/c1-6-19(10-8-11-19)14-22-17(20-5)21-13-15-9-7-12-23-16(15)18(2,3)4;/h15-16H,6-14H2,1-5H3,(H2,20,21,22);1H. The Morgan fingerprint density at radius 3 is 2.42 bits per heavy atom. The highest BCUT2D eigenvalue weighted by Gasteiger charge is 2.36. The minimum Gasteiger partial charge on any atom is -0.377 e. The molecule has 2 rings (SSSR count). The Morgan fingerprint density at radius 2 is 1.92 bits per heavy atom. The lowest BCUT2D eigenvalue weighted by Gasteiger charge is -2.42. The first kappa shape index (κ1) is 22.0. The normalized spacial score (nSPS) is 27.0. The van der Waals surface area contributed by atoms with Crippen LogP contribution in [0.1, 0.15) is 66.2 Å². The first-order valence-corrected chi connectivity index (χ1v) is 9.46. The van der Waals surface area contributed by atoms with Crippen LogP contribution in [0.2, 0.25) is 0 Å². The zero-order chi connectivity index (χ0) is 16.9. The number of nitrogens with zero attached hydrogens (tertiary/aromatic N) is 1. The van der Waals surface area contributed by atoms with Crippen molar-refractivity contribution in [3.05, 3.63) is 0 Å². The fourth-order valence-electron chi connectivity index (χ4n) is 4.06. The number of ether oxygens (including phenoxy) is 1. The molecule has 0 aromatic heterocycles. The van der Waals surface area contributed by atoms with Crippen molar-refractivity contribution in [2.45, 2.75) is 72.3 Å². The lowest BCUT2D eigenvalue weighted by atomic mass is 9.67. The summed E-state index contributed by atoms with van der Waals surface area (Å²) in [4.78, 5) is 4.41. The molecule has 2 aliphatic rings. The molecule has 1 saturated carbocycles. The summed E-state index contributed by atoms with van der Waals surface area (Å²) in [5.41, 5.74) is 0.710. The molecule has 0 radical (unpaired) electrons. The molecule has 5 heteroatoms. The van der Waals surface area contributed by atoms with E-state index in [9.17, 15) is 0 Å². The third-order valence-electron chi connectivity index (χ3n) is 5.85. The fraction of sp³-hybridized carbons (Fsp3) is 0.947. The summed E-state index contributed by atoms with van der Waals surface area (Å²) in [6.07, 6.45) is 8.10. The topological polar surface area (TPSA) is 45.7 Å². The predicted octanol–water partition coefficient (Wildman–Crippen LogP) is 4.19. The van der Waals surface area contributed by atoms with Gasteiger partial charge in [-0.15, -0.1) is 24.0 Å². The summed E-state index contributed by atoms with van der Waals surface area (Å²) in [7, 11) is 1.87. The van der Waals surface area contributed by atoms with Gasteiger partial charge in [0.25, 0.3) is 0 Å². The monoisotopic (exact) mass is 451 g/mol. The molecule has 2 atom stereocenters. The van der Waals surface area contributed by atoms with E-state index < -0.39 is 0 Å². The van der Waals surface area contributed by atoms with Gasteiger partial charge in [-0.05, 0) is 42.9 Å². The summed E-state index contributed by atoms with van der Waals surface area (Å²) in [6, 6.07) is 0. The van der Waals surface area contributed by atoms with Crippen molar-refractivity contribution in [3.63, 3.8) is 0 Å². The van der Waals surface area contributed by atoms with E-state index in [4.69, 9.17) is 4.74 Å². The van der Waals surface area contributed by atoms with Crippen molar-refractivity contribution < 1.29 is 4.74 Å². The maximum Gasteiger partial charge on any atom is 0.191 e. The minimum atomic E-state index is 0. The van der Waals surface area contributed by atoms with Gasteiger partial charge in [-0.1, -0.05) is 34.1 Å². The van der Waals surface area contributed by atoms with Crippen molar-refractivity contribution in [3.8, 4) is 0 Å². The van der Waals surface area contributed by atoms with Gasteiger partial charge < -0.3 is 15.4 Å². The number of aliphatic imine (C=N–C) groups is 1. The number of halogens is 1. The van der Waals surface area contributed by atoms with Crippen molar-refractivity contribution in [2.24, 2.45) is 21.7 Å². The van der Waals surface area contributed by atoms with Gasteiger partial charge in [0.05, 0.1) is 6.10 Å². The predicted molar refractivity (Wildman–Crippen MR) is 113 cm³/mol. The van der Waals surface area contributed by atoms with Gasteiger partial charge in [-0.3, -0.25) is 4.99 Å². The van der Waals surface area contributed by atoms with E-state index in [0.717, 1.165) is 25.7 Å². The molecule has 1 saturated heterocycles. The smallest absolute Gasteiger partial charge is 0.191 e. The van der Waals surface area contributed by atoms with Crippen molar-refractivity contribution in [1.29, 1.82) is 0 Å². The highest BCUT2D eigenvalue weighted by atomic mass is 127. The lowest BCUT2D eigenvalue weighted by molar-refractivity contribution is -0.0835. The SMILES string of the molecule is CCC1(CNC(=NC)NCC2CCCOC2C(C)(C)C)CCC1.I. The van der Waals surface area contributed by atoms with E-state index in [2.05, 4.69) is 43.3 Å². The van der Waals surface area contributed by atoms with Crippen molar-refractivity contribution >= 4 is 29.9 Å². The van der Waals surface area contributed by atoms with E-state index >= 15 is 0 Å². The molecule has 4 nitrogen and oxygen atoms in total. The summed E-state index contributed by atoms with van der Waals surface area (Å²) in [5, 5.41) is 7.10. The molecule has 1 heterocycles. The van der Waals surface area contributed by atoms with Crippen LogP contribution in [0.3, 0.4) is 0 Å². The van der Waals surface area contributed by atoms with Gasteiger partial charge in [0, 0.05) is 32.7 Å². The second-order valence-corrected chi connectivity index (χ2v) is 8.57. The van der Waals surface area contributed by atoms with Crippen LogP contribution in [0.25, 0.3) is 0 Å². The zero-order valence-corrected chi connectivity index (χ0v) is 18.6. The molecule has 1 aliphatic heterocycles. The second kappa shape index (κ2) is 9.60. The minimum absolute atomic E-state index is 0. The molecule has 2 N–H and O–H groups in total. The van der Waals surface area contributed by atoms with Crippen LogP contribution in [0.15, 0.2) is 4.99 Å². The van der Waals surface area contributed by atoms with Crippen LogP contribution in [-0.2, 0) is 4.74 Å². The molecule has 2 unspecified atom stereocenters. The van der Waals surface area contributed by atoms with Crippen LogP contribution in [0.5, 0.6) is 0 Å². The number of hydrogen-bond donors (Lipinski definition) is 2. The van der Waals surface area contributed by atoms with Gasteiger partial charge in [-0.25, -0.2) is 0 Å². The number of guanidine groups is 1. The molecular formula is C19H38IN3O. The Kier molecular flexibility index (Phi) is 8.80. The Balaban J connectivity index is 0.00000288. The molecule has 0 amide bonds. The molecule has 24 heavy (non-hydrogen) atoms. The van der Waals surface area contributed by atoms with Crippen LogP contribution < -0.4 is 10.6 Å². The molecule has 0 spiro atoms. The Hall–Kier alpha value is -0.0400. The molecule has 1 aliphatic carbocycles. The van der Waals surface area contributed by atoms with Gasteiger partial charge in [-0.2, -0.15) is 0 Å². The largest absolute Gasteiger partial charge is 0.377 e. The van der Waals surface area contributed by atoms with Crippen LogP contribution in [-0.4, -0.2) is 38.8 Å². The molecule has 0 bridgehead atoms. The van der Waals surface area contributed by atoms with E-state index in [1.165, 1.54) is 38.5 Å². The molecule has 142 valence electrons. The first-order chi connectivity index (χ1) is 10.9. The lowest BCUT2D eigenvalue weighted by Crippen LogP contribution is -2.50. The van der Waals surface area contributed by atoms with E-state index in [-0.39, 0.29) is 29.4 Å². The quantitative estimate of drug-likeness (QED) is 0.374. The van der Waals surface area contributed by atoms with Gasteiger partial charge >= 0.3 is 0 Å². The summed E-state index contributed by atoms with van der Waals surface area (Å²) >= 11 is 0. The van der Waals surface area contributed by atoms with E-state index in [0.29, 0.717) is 17.4 Å². The molecule has 0 aromatic carbocycles. The Bertz CT molecular complexity index is 396. The summed E-state index contributed by atoms with van der Waals surface area (Å²) in [6.45, 7) is 12.1. The Labute approximate surface area is 166 Å². The zero-order valence-electron chi connectivity index (χ0n) is 16.3. The molecular weight excluding hydrogens is 413 g/mol. The van der Waals surface area contributed by atoms with E-state index in [1.54, 1.807) is 0 Å². The average Bonchev–Trinajstić information content (AvgIpc) is 2.49. The van der Waals surface area contributed by atoms with Gasteiger partial charge in [0.15, 0.2) is 5.96 Å². The number of hydrogen-bond acceptors (Lipinski definition) is 2. The van der Waals surface area contributed by atoms with Gasteiger partial charge in [0.2, 0.25) is 0 Å². The summed E-state index contributed by atoms with van der Waals surface area (Å²) < 4.78 is 6.08. The van der Waals surface area contributed by atoms with Gasteiger partial charge in [0.1, 0.15) is 0 Å². The van der Waals surface area contributed by atoms with Crippen LogP contribution in [0.4, 0.5) is 0 Å². The second-order valence-electron chi connectivity index (χ2n) is 8.57. The highest BCUT2D eigenvalue weighted by Crippen LogP contribution is 2.43. The average molecular weight is 451 g/mol. The Morgan fingerprint density at radius 1 is 1.21 bits per heavy atom. The third kappa shape index (κ3) is 5.75. The van der Waals surface area contributed by atoms with Crippen LogP contribution >= 0.6 is 24.0 Å². The number of rotatable bonds is 5. The van der Waals surface area contributed by atoms with Crippen molar-refractivity contribution in [2.75, 3.05) is 26.7 Å². The molecule has 0 aromatic rings. The van der Waals surface area contributed by atoms with Crippen LogP contribution in [0, 0.1) is 16.7 Å². The maximum atomic E-state index is 6.08. The number of nitrogens with one attached hydrogen (secondary N) is 2. The fourth-order valence-corrected chi connectivity index (χ4v) is 4.06. The first-order valence-electron chi connectivity index (χ1n) is 9.46. The van der Waals surface area contributed by atoms with Crippen molar-refractivity contribution in [1.82, 2.24) is 10.6 Å². The third-order valence-corrected chi connectivity index (χ3v) is 5.85. The maximum absolute atomic E-state index is 6.08. The highest BCUT2D eigenvalue weighted by molar-refractivity contribution is 14.0. The molecule has 2 fully saturated rings. The van der Waals surface area contributed by atoms with E-state index in [1.807, 2.05) is 7.05 Å². The summed E-state index contributed by atoms with van der Waals surface area (Å²) in [5.74, 6) is 1.51.